The van der Waals surface area contributed by atoms with Crippen LogP contribution in [0, 0.1) is 0 Å². The first-order chi connectivity index (χ1) is 17.5. The molecule has 1 aliphatic heterocycles. The van der Waals surface area contributed by atoms with E-state index in [0.717, 1.165) is 29.2 Å². The van der Waals surface area contributed by atoms with Gasteiger partial charge in [0.2, 0.25) is 11.8 Å². The van der Waals surface area contributed by atoms with Crippen molar-refractivity contribution in [1.29, 1.82) is 0 Å². The number of fused-ring (bicyclic) bond motifs is 1. The maximum absolute atomic E-state index is 13.4. The fourth-order valence-electron chi connectivity index (χ4n) is 4.77. The summed E-state index contributed by atoms with van der Waals surface area (Å²) in [6.45, 7) is 2.01. The monoisotopic (exact) mass is 488 g/mol. The number of carbonyl (C=O) groups excluding carboxylic acids is 2. The van der Waals surface area contributed by atoms with Crippen LogP contribution in [-0.4, -0.2) is 55.0 Å². The fourth-order valence-corrected chi connectivity index (χ4v) is 4.77. The second kappa shape index (κ2) is 12.6. The third-order valence-corrected chi connectivity index (χ3v) is 6.87. The normalized spacial score (nSPS) is 16.0. The highest BCUT2D eigenvalue weighted by molar-refractivity contribution is 5.90. The van der Waals surface area contributed by atoms with Crippen LogP contribution in [0.15, 0.2) is 72.8 Å². The Morgan fingerprint density at radius 3 is 2.39 bits per heavy atom. The van der Waals surface area contributed by atoms with Crippen LogP contribution in [0.1, 0.15) is 36.3 Å². The number of amides is 2. The molecule has 3 aromatic carbocycles. The average molecular weight is 489 g/mol. The Kier molecular flexibility index (Phi) is 9.06. The Hall–Kier alpha value is -3.26. The Bertz CT molecular complexity index is 1150. The van der Waals surface area contributed by atoms with Crippen molar-refractivity contribution in [1.82, 2.24) is 10.2 Å². The summed E-state index contributed by atoms with van der Waals surface area (Å²) in [5, 5.41) is 5.12. The molecule has 36 heavy (non-hydrogen) atoms. The zero-order valence-electron chi connectivity index (χ0n) is 20.6. The number of nitrogens with two attached hydrogens (primary N) is 2. The van der Waals surface area contributed by atoms with Crippen LogP contribution in [0.5, 0.6) is 0 Å². The van der Waals surface area contributed by atoms with Gasteiger partial charge in [0.15, 0.2) is 0 Å². The van der Waals surface area contributed by atoms with Crippen LogP contribution in [-0.2, 0) is 20.9 Å². The summed E-state index contributed by atoms with van der Waals surface area (Å²) in [5.74, 6) is -0.0778. The van der Waals surface area contributed by atoms with Crippen molar-refractivity contribution >= 4 is 22.6 Å². The van der Waals surface area contributed by atoms with Crippen molar-refractivity contribution in [3.05, 3.63) is 83.9 Å². The molecule has 0 unspecified atom stereocenters. The van der Waals surface area contributed by atoms with E-state index in [2.05, 4.69) is 53.8 Å². The molecule has 4 rings (SSSR count). The maximum atomic E-state index is 13.4. The molecule has 3 aromatic rings. The predicted molar refractivity (Wildman–Crippen MR) is 142 cm³/mol. The SMILES string of the molecule is NCC[C@H](N)C(=O)N[C@H](COCc1ccc2ccccc2c1)C(=O)N1CCC(c2ccccc2)CC1. The molecule has 1 saturated heterocycles. The van der Waals surface area contributed by atoms with Gasteiger partial charge < -0.3 is 26.4 Å². The van der Waals surface area contributed by atoms with E-state index in [1.54, 1.807) is 0 Å². The summed E-state index contributed by atoms with van der Waals surface area (Å²) in [5.41, 5.74) is 13.8. The topological polar surface area (TPSA) is 111 Å². The lowest BCUT2D eigenvalue weighted by Crippen LogP contribution is -2.55. The lowest BCUT2D eigenvalue weighted by molar-refractivity contribution is -0.139. The number of benzene rings is 3. The van der Waals surface area contributed by atoms with Crippen molar-refractivity contribution in [3.63, 3.8) is 0 Å². The van der Waals surface area contributed by atoms with Gasteiger partial charge in [0.25, 0.3) is 0 Å². The van der Waals surface area contributed by atoms with E-state index in [9.17, 15) is 9.59 Å². The molecular formula is C29H36N4O3. The molecule has 1 heterocycles. The minimum absolute atomic E-state index is 0.0748. The van der Waals surface area contributed by atoms with Gasteiger partial charge >= 0.3 is 0 Å². The summed E-state index contributed by atoms with van der Waals surface area (Å²) < 4.78 is 5.95. The maximum Gasteiger partial charge on any atom is 0.247 e. The number of nitrogens with one attached hydrogen (secondary N) is 1. The number of ether oxygens (including phenoxy) is 1. The lowest BCUT2D eigenvalue weighted by atomic mass is 9.89. The van der Waals surface area contributed by atoms with Crippen LogP contribution < -0.4 is 16.8 Å². The summed E-state index contributed by atoms with van der Waals surface area (Å²) in [7, 11) is 0. The zero-order valence-corrected chi connectivity index (χ0v) is 20.6. The van der Waals surface area contributed by atoms with Crippen LogP contribution in [0.3, 0.4) is 0 Å². The Morgan fingerprint density at radius 1 is 0.972 bits per heavy atom. The van der Waals surface area contributed by atoms with Gasteiger partial charge in [-0.25, -0.2) is 0 Å². The second-order valence-electron chi connectivity index (χ2n) is 9.45. The number of rotatable bonds is 10. The van der Waals surface area contributed by atoms with Crippen LogP contribution in [0.2, 0.25) is 0 Å². The smallest absolute Gasteiger partial charge is 0.247 e. The standard InChI is InChI=1S/C29H36N4O3/c30-15-12-26(31)28(34)32-27(20-36-19-21-10-11-23-8-4-5-9-25(23)18-21)29(35)33-16-13-24(14-17-33)22-6-2-1-3-7-22/h1-11,18,24,26-27H,12-17,19-20,30-31H2,(H,32,34)/t26-,27+/m0/s1. The quantitative estimate of drug-likeness (QED) is 0.406. The third kappa shape index (κ3) is 6.69. The number of hydrogen-bond donors (Lipinski definition) is 3. The molecule has 190 valence electrons. The van der Waals surface area contributed by atoms with E-state index in [0.29, 0.717) is 38.6 Å². The van der Waals surface area contributed by atoms with Crippen molar-refractivity contribution in [2.24, 2.45) is 11.5 Å². The largest absolute Gasteiger partial charge is 0.374 e. The van der Waals surface area contributed by atoms with Gasteiger partial charge in [-0.2, -0.15) is 0 Å². The van der Waals surface area contributed by atoms with Crippen molar-refractivity contribution in [3.8, 4) is 0 Å². The van der Waals surface area contributed by atoms with Crippen LogP contribution >= 0.6 is 0 Å². The van der Waals surface area contributed by atoms with E-state index in [1.165, 1.54) is 5.56 Å². The first-order valence-electron chi connectivity index (χ1n) is 12.7. The number of likely N-dealkylation sites (tertiary alicyclic amines) is 1. The number of hydrogen-bond acceptors (Lipinski definition) is 5. The molecule has 2 atom stereocenters. The molecule has 2 amide bonds. The summed E-state index contributed by atoms with van der Waals surface area (Å²) >= 11 is 0. The highest BCUT2D eigenvalue weighted by Gasteiger charge is 2.31. The van der Waals surface area contributed by atoms with Gasteiger partial charge in [-0.1, -0.05) is 66.7 Å². The van der Waals surface area contributed by atoms with Crippen LogP contribution in [0.4, 0.5) is 0 Å². The van der Waals surface area contributed by atoms with Crippen molar-refractivity contribution in [2.45, 2.75) is 43.9 Å². The van der Waals surface area contributed by atoms with Gasteiger partial charge in [0, 0.05) is 13.1 Å². The van der Waals surface area contributed by atoms with E-state index >= 15 is 0 Å². The fraction of sp³-hybridized carbons (Fsp3) is 0.379. The van der Waals surface area contributed by atoms with Gasteiger partial charge in [-0.05, 0) is 59.7 Å². The van der Waals surface area contributed by atoms with Crippen molar-refractivity contribution in [2.75, 3.05) is 26.2 Å². The van der Waals surface area contributed by atoms with E-state index in [4.69, 9.17) is 16.2 Å². The van der Waals surface area contributed by atoms with Gasteiger partial charge in [-0.15, -0.1) is 0 Å². The first kappa shape index (κ1) is 25.8. The molecule has 0 aliphatic carbocycles. The van der Waals surface area contributed by atoms with E-state index in [-0.39, 0.29) is 18.4 Å². The minimum atomic E-state index is -0.796. The number of piperidine rings is 1. The predicted octanol–water partition coefficient (Wildman–Crippen LogP) is 2.92. The molecule has 0 bridgehead atoms. The van der Waals surface area contributed by atoms with Crippen LogP contribution in [0.25, 0.3) is 10.8 Å². The summed E-state index contributed by atoms with van der Waals surface area (Å²) in [6, 6.07) is 23.1. The molecule has 0 saturated carbocycles. The molecule has 1 fully saturated rings. The molecule has 0 spiro atoms. The highest BCUT2D eigenvalue weighted by atomic mass is 16.5. The first-order valence-corrected chi connectivity index (χ1v) is 12.7. The molecule has 1 aliphatic rings. The van der Waals surface area contributed by atoms with Gasteiger partial charge in [-0.3, -0.25) is 9.59 Å². The van der Waals surface area contributed by atoms with E-state index in [1.807, 2.05) is 29.2 Å². The molecule has 0 aromatic heterocycles. The molecule has 5 N–H and O–H groups in total. The summed E-state index contributed by atoms with van der Waals surface area (Å²) in [6.07, 6.45) is 2.13. The second-order valence-corrected chi connectivity index (χ2v) is 9.45. The molecule has 0 radical (unpaired) electrons. The number of nitrogens with zero attached hydrogens (tertiary/aromatic N) is 1. The van der Waals surface area contributed by atoms with Crippen molar-refractivity contribution < 1.29 is 14.3 Å². The Morgan fingerprint density at radius 2 is 1.67 bits per heavy atom. The Balaban J connectivity index is 1.38. The molecule has 7 heteroatoms. The van der Waals surface area contributed by atoms with Gasteiger partial charge in [0.05, 0.1) is 19.3 Å². The lowest BCUT2D eigenvalue weighted by Gasteiger charge is -2.34. The highest BCUT2D eigenvalue weighted by Crippen LogP contribution is 2.28. The number of carbonyl (C=O) groups is 2. The molecule has 7 nitrogen and oxygen atoms in total. The molecular weight excluding hydrogens is 452 g/mol. The van der Waals surface area contributed by atoms with Gasteiger partial charge in [0.1, 0.15) is 6.04 Å². The Labute approximate surface area is 212 Å². The average Bonchev–Trinajstić information content (AvgIpc) is 2.92. The third-order valence-electron chi connectivity index (χ3n) is 6.87. The van der Waals surface area contributed by atoms with E-state index < -0.39 is 12.1 Å². The summed E-state index contributed by atoms with van der Waals surface area (Å²) in [4.78, 5) is 27.9. The zero-order chi connectivity index (χ0) is 25.3. The minimum Gasteiger partial charge on any atom is -0.374 e.